The number of rotatable bonds is 12. The molecule has 1 aromatic carbocycles. The summed E-state index contributed by atoms with van der Waals surface area (Å²) in [5.74, 6) is -0.0822. The van der Waals surface area contributed by atoms with Crippen LogP contribution in [0.1, 0.15) is 70.8 Å². The Hall–Kier alpha value is -1.62. The van der Waals surface area contributed by atoms with Crippen LogP contribution in [0.3, 0.4) is 0 Å². The zero-order chi connectivity index (χ0) is 19.6. The molecule has 27 heavy (non-hydrogen) atoms. The first kappa shape index (κ1) is 21.7. The van der Waals surface area contributed by atoms with Crippen LogP contribution in [0.25, 0.3) is 5.57 Å². The van der Waals surface area contributed by atoms with Crippen molar-refractivity contribution in [3.8, 4) is 0 Å². The average Bonchev–Trinajstić information content (AvgIpc) is 2.89. The van der Waals surface area contributed by atoms with E-state index >= 15 is 0 Å². The Kier molecular flexibility index (Phi) is 9.05. The van der Waals surface area contributed by atoms with E-state index in [0.29, 0.717) is 28.3 Å². The van der Waals surface area contributed by atoms with Crippen LogP contribution in [0, 0.1) is 5.82 Å². The molecular formula is C22H30FNO2S. The van der Waals surface area contributed by atoms with Gasteiger partial charge >= 0.3 is 0 Å². The number of unbranched alkanes of at least 4 members (excludes halogenated alkanes) is 7. The van der Waals surface area contributed by atoms with Crippen LogP contribution in [-0.2, 0) is 9.59 Å². The fourth-order valence-electron chi connectivity index (χ4n) is 3.31. The normalized spacial score (nSPS) is 14.6. The van der Waals surface area contributed by atoms with Crippen LogP contribution in [0.15, 0.2) is 29.2 Å². The summed E-state index contributed by atoms with van der Waals surface area (Å²) in [6.07, 6.45) is 9.35. The minimum absolute atomic E-state index is 0.200. The summed E-state index contributed by atoms with van der Waals surface area (Å²) in [6.45, 7) is 4.63. The SMILES string of the molecule is CCCCCCCCCCN1C(=O)C(SCC)=C(c2ccc(F)cc2)C1=O. The number of nitrogens with zero attached hydrogens (tertiary/aromatic N) is 1. The number of benzene rings is 1. The van der Waals surface area contributed by atoms with Crippen molar-refractivity contribution in [2.24, 2.45) is 0 Å². The zero-order valence-corrected chi connectivity index (χ0v) is 17.2. The summed E-state index contributed by atoms with van der Waals surface area (Å²) in [5.41, 5.74) is 1.04. The first-order valence-electron chi connectivity index (χ1n) is 10.1. The van der Waals surface area contributed by atoms with Crippen LogP contribution in [0.2, 0.25) is 0 Å². The van der Waals surface area contributed by atoms with Crippen LogP contribution in [-0.4, -0.2) is 29.0 Å². The molecule has 0 N–H and O–H groups in total. The Balaban J connectivity index is 1.93. The first-order valence-corrected chi connectivity index (χ1v) is 11.1. The molecule has 0 spiro atoms. The maximum absolute atomic E-state index is 13.2. The monoisotopic (exact) mass is 391 g/mol. The van der Waals surface area contributed by atoms with Crippen molar-refractivity contribution >= 4 is 29.1 Å². The van der Waals surface area contributed by atoms with Gasteiger partial charge in [-0.25, -0.2) is 4.39 Å². The average molecular weight is 392 g/mol. The minimum atomic E-state index is -0.350. The molecule has 5 heteroatoms. The van der Waals surface area contributed by atoms with Gasteiger partial charge in [0.1, 0.15) is 5.82 Å². The van der Waals surface area contributed by atoms with Gasteiger partial charge in [0.05, 0.1) is 10.5 Å². The van der Waals surface area contributed by atoms with Crippen molar-refractivity contribution in [2.45, 2.75) is 65.2 Å². The summed E-state index contributed by atoms with van der Waals surface area (Å²) < 4.78 is 13.2. The Morgan fingerprint density at radius 1 is 0.852 bits per heavy atom. The molecular weight excluding hydrogens is 361 g/mol. The summed E-state index contributed by atoms with van der Waals surface area (Å²) in [7, 11) is 0. The third kappa shape index (κ3) is 5.93. The molecule has 148 valence electrons. The summed E-state index contributed by atoms with van der Waals surface area (Å²) in [6, 6.07) is 5.81. The number of thioether (sulfide) groups is 1. The Labute approximate surface area is 166 Å². The molecule has 0 aliphatic carbocycles. The molecule has 0 aromatic heterocycles. The predicted molar refractivity (Wildman–Crippen MR) is 111 cm³/mol. The lowest BCUT2D eigenvalue weighted by Crippen LogP contribution is -2.32. The van der Waals surface area contributed by atoms with Gasteiger partial charge in [0.2, 0.25) is 0 Å². The van der Waals surface area contributed by atoms with Gasteiger partial charge in [-0.05, 0) is 29.9 Å². The third-order valence-corrected chi connectivity index (χ3v) is 5.74. The van der Waals surface area contributed by atoms with Crippen LogP contribution in [0.5, 0.6) is 0 Å². The van der Waals surface area contributed by atoms with Gasteiger partial charge in [-0.2, -0.15) is 0 Å². The molecule has 3 nitrogen and oxygen atoms in total. The molecule has 0 atom stereocenters. The van der Waals surface area contributed by atoms with Gasteiger partial charge in [0, 0.05) is 6.54 Å². The number of hydrogen-bond acceptors (Lipinski definition) is 3. The molecule has 0 saturated carbocycles. The van der Waals surface area contributed by atoms with Crippen molar-refractivity contribution in [3.05, 3.63) is 40.6 Å². The van der Waals surface area contributed by atoms with Gasteiger partial charge in [-0.1, -0.05) is 70.9 Å². The van der Waals surface area contributed by atoms with E-state index < -0.39 is 0 Å². The molecule has 1 heterocycles. The number of amides is 2. The minimum Gasteiger partial charge on any atom is -0.274 e. The standard InChI is InChI=1S/C22H30FNO2S/c1-3-5-6-7-8-9-10-11-16-24-21(25)19(20(22(24)26)27-4-2)17-12-14-18(23)15-13-17/h12-15H,3-11,16H2,1-2H3. The van der Waals surface area contributed by atoms with E-state index in [1.807, 2.05) is 6.92 Å². The molecule has 0 radical (unpaired) electrons. The second-order valence-corrected chi connectivity index (χ2v) is 8.16. The molecule has 2 amide bonds. The quantitative estimate of drug-likeness (QED) is 0.334. The van der Waals surface area contributed by atoms with Gasteiger partial charge in [0.25, 0.3) is 11.8 Å². The van der Waals surface area contributed by atoms with Gasteiger partial charge in [0.15, 0.2) is 0 Å². The molecule has 1 aliphatic heterocycles. The molecule has 0 bridgehead atoms. The highest BCUT2D eigenvalue weighted by Gasteiger charge is 2.38. The van der Waals surface area contributed by atoms with E-state index in [4.69, 9.17) is 0 Å². The maximum Gasteiger partial charge on any atom is 0.267 e. The van der Waals surface area contributed by atoms with E-state index in [-0.39, 0.29) is 17.6 Å². The summed E-state index contributed by atoms with van der Waals surface area (Å²) in [4.78, 5) is 27.5. The van der Waals surface area contributed by atoms with Crippen molar-refractivity contribution in [1.29, 1.82) is 0 Å². The van der Waals surface area contributed by atoms with Crippen molar-refractivity contribution in [2.75, 3.05) is 12.3 Å². The number of carbonyl (C=O) groups excluding carboxylic acids is 2. The summed E-state index contributed by atoms with van der Waals surface area (Å²) in [5, 5.41) is 0. The Morgan fingerprint density at radius 3 is 2.04 bits per heavy atom. The lowest BCUT2D eigenvalue weighted by molar-refractivity contribution is -0.136. The largest absolute Gasteiger partial charge is 0.274 e. The fourth-order valence-corrected chi connectivity index (χ4v) is 4.18. The third-order valence-electron chi connectivity index (χ3n) is 4.78. The maximum atomic E-state index is 13.2. The second kappa shape index (κ2) is 11.3. The van der Waals surface area contributed by atoms with Gasteiger partial charge in [-0.15, -0.1) is 11.8 Å². The number of imide groups is 1. The highest BCUT2D eigenvalue weighted by molar-refractivity contribution is 8.04. The van der Waals surface area contributed by atoms with Crippen molar-refractivity contribution in [1.82, 2.24) is 4.90 Å². The first-order chi connectivity index (χ1) is 13.1. The van der Waals surface area contributed by atoms with E-state index in [1.54, 1.807) is 12.1 Å². The van der Waals surface area contributed by atoms with Gasteiger partial charge < -0.3 is 0 Å². The highest BCUT2D eigenvalue weighted by atomic mass is 32.2. The topological polar surface area (TPSA) is 37.4 Å². The van der Waals surface area contributed by atoms with E-state index in [0.717, 1.165) is 19.3 Å². The smallest absolute Gasteiger partial charge is 0.267 e. The molecule has 0 saturated heterocycles. The van der Waals surface area contributed by atoms with Crippen LogP contribution >= 0.6 is 11.8 Å². The Morgan fingerprint density at radius 2 is 1.44 bits per heavy atom. The molecule has 2 rings (SSSR count). The molecule has 1 aliphatic rings. The lowest BCUT2D eigenvalue weighted by Gasteiger charge is -2.15. The lowest BCUT2D eigenvalue weighted by atomic mass is 10.1. The number of hydrogen-bond donors (Lipinski definition) is 0. The number of halogens is 1. The molecule has 0 fully saturated rings. The van der Waals surface area contributed by atoms with Crippen LogP contribution < -0.4 is 0 Å². The van der Waals surface area contributed by atoms with Crippen LogP contribution in [0.4, 0.5) is 4.39 Å². The van der Waals surface area contributed by atoms with Crippen molar-refractivity contribution in [3.63, 3.8) is 0 Å². The number of carbonyl (C=O) groups is 2. The molecule has 1 aromatic rings. The highest BCUT2D eigenvalue weighted by Crippen LogP contribution is 2.36. The van der Waals surface area contributed by atoms with E-state index in [2.05, 4.69) is 6.92 Å². The van der Waals surface area contributed by atoms with Crippen molar-refractivity contribution < 1.29 is 14.0 Å². The summed E-state index contributed by atoms with van der Waals surface area (Å²) >= 11 is 1.39. The fraction of sp³-hybridized carbons (Fsp3) is 0.545. The zero-order valence-electron chi connectivity index (χ0n) is 16.4. The second-order valence-electron chi connectivity index (χ2n) is 6.88. The van der Waals surface area contributed by atoms with E-state index in [1.165, 1.54) is 60.9 Å². The Bertz CT molecular complexity index is 669. The van der Waals surface area contributed by atoms with E-state index in [9.17, 15) is 14.0 Å². The van der Waals surface area contributed by atoms with Gasteiger partial charge in [-0.3, -0.25) is 14.5 Å². The molecule has 0 unspecified atom stereocenters. The predicted octanol–water partition coefficient (Wildman–Crippen LogP) is 5.80.